The molecule has 1 aliphatic rings. The molecular formula is C31H47O3P. The molecule has 0 atom stereocenters. The molecule has 3 nitrogen and oxygen atoms in total. The van der Waals surface area contributed by atoms with Gasteiger partial charge in [-0.25, -0.2) is 0 Å². The normalized spacial score (nSPS) is 19.1. The van der Waals surface area contributed by atoms with Gasteiger partial charge >= 0.3 is 8.60 Å². The van der Waals surface area contributed by atoms with Gasteiger partial charge < -0.3 is 9.79 Å². The lowest BCUT2D eigenvalue weighted by Gasteiger charge is -2.42. The lowest BCUT2D eigenvalue weighted by molar-refractivity contribution is 0.195. The van der Waals surface area contributed by atoms with Crippen LogP contribution in [0.2, 0.25) is 0 Å². The zero-order chi connectivity index (χ0) is 26.9. The Morgan fingerprint density at radius 2 is 0.943 bits per heavy atom. The van der Waals surface area contributed by atoms with Gasteiger partial charge in [-0.15, -0.1) is 0 Å². The third-order valence-corrected chi connectivity index (χ3v) is 7.83. The van der Waals surface area contributed by atoms with E-state index in [4.69, 9.17) is 4.52 Å². The Morgan fingerprint density at radius 3 is 1.20 bits per heavy atom. The first kappa shape index (κ1) is 28.3. The second kappa shape index (κ2) is 8.95. The highest BCUT2D eigenvalue weighted by molar-refractivity contribution is 7.39. The van der Waals surface area contributed by atoms with Crippen molar-refractivity contribution in [2.24, 2.45) is 0 Å². The molecule has 0 aromatic heterocycles. The molecule has 35 heavy (non-hydrogen) atoms. The third-order valence-electron chi connectivity index (χ3n) is 7.43. The number of rotatable bonds is 2. The maximum atomic E-state index is 10.2. The summed E-state index contributed by atoms with van der Waals surface area (Å²) < 4.78 is 6.09. The third kappa shape index (κ3) is 5.54. The largest absolute Gasteiger partial charge is 0.328 e. The first-order valence-electron chi connectivity index (χ1n) is 12.9. The molecule has 3 rings (SSSR count). The van der Waals surface area contributed by atoms with E-state index in [1.54, 1.807) is 0 Å². The van der Waals surface area contributed by atoms with Crippen molar-refractivity contribution in [3.8, 4) is 0 Å². The van der Waals surface area contributed by atoms with Gasteiger partial charge in [0.15, 0.2) is 0 Å². The minimum atomic E-state index is -2.54. The van der Waals surface area contributed by atoms with Gasteiger partial charge in [-0.3, -0.25) is 4.52 Å². The van der Waals surface area contributed by atoms with Gasteiger partial charge in [-0.1, -0.05) is 114 Å². The summed E-state index contributed by atoms with van der Waals surface area (Å²) in [5, 5.41) is 0. The van der Waals surface area contributed by atoms with E-state index in [1.807, 2.05) is 0 Å². The molecule has 0 saturated heterocycles. The van der Waals surface area contributed by atoms with Crippen molar-refractivity contribution in [1.29, 1.82) is 0 Å². The zero-order valence-corrected chi connectivity index (χ0v) is 25.1. The Bertz CT molecular complexity index is 1020. The highest BCUT2D eigenvalue weighted by Gasteiger charge is 2.41. The molecule has 1 aliphatic carbocycles. The lowest BCUT2D eigenvalue weighted by atomic mass is 9.65. The lowest BCUT2D eigenvalue weighted by Crippen LogP contribution is -2.30. The Hall–Kier alpha value is -1.25. The summed E-state index contributed by atoms with van der Waals surface area (Å²) in [4.78, 5) is 20.3. The summed E-state index contributed by atoms with van der Waals surface area (Å²) in [6.45, 7) is 29.3. The Balaban J connectivity index is 2.53. The van der Waals surface area contributed by atoms with Crippen LogP contribution in [0.5, 0.6) is 0 Å². The summed E-state index contributed by atoms with van der Waals surface area (Å²) >= 11 is 0. The summed E-state index contributed by atoms with van der Waals surface area (Å²) in [5.41, 5.74) is 9.46. The van der Waals surface area contributed by atoms with Crippen LogP contribution >= 0.6 is 8.60 Å². The van der Waals surface area contributed by atoms with Crippen molar-refractivity contribution in [2.75, 3.05) is 0 Å². The van der Waals surface area contributed by atoms with Crippen LogP contribution in [0.3, 0.4) is 0 Å². The second-order valence-corrected chi connectivity index (χ2v) is 15.2. The van der Waals surface area contributed by atoms with Crippen LogP contribution in [-0.2, 0) is 26.2 Å². The molecule has 0 heterocycles. The molecule has 0 fully saturated rings. The van der Waals surface area contributed by atoms with Crippen molar-refractivity contribution in [3.63, 3.8) is 0 Å². The van der Waals surface area contributed by atoms with E-state index >= 15 is 0 Å². The smallest absolute Gasteiger partial charge is 0.327 e. The average Bonchev–Trinajstić information content (AvgIpc) is 2.66. The van der Waals surface area contributed by atoms with Gasteiger partial charge in [0.1, 0.15) is 6.10 Å². The van der Waals surface area contributed by atoms with Gasteiger partial charge in [0.25, 0.3) is 0 Å². The quantitative estimate of drug-likeness (QED) is 0.407. The number of fused-ring (bicyclic) bond motifs is 2. The minimum Gasteiger partial charge on any atom is -0.328 e. The van der Waals surface area contributed by atoms with Gasteiger partial charge in [0.2, 0.25) is 0 Å². The van der Waals surface area contributed by atoms with Crippen LogP contribution < -0.4 is 0 Å². The average molecular weight is 499 g/mol. The monoisotopic (exact) mass is 498 g/mol. The van der Waals surface area contributed by atoms with Crippen molar-refractivity contribution < 1.29 is 14.3 Å². The zero-order valence-electron chi connectivity index (χ0n) is 24.2. The van der Waals surface area contributed by atoms with Crippen molar-refractivity contribution in [2.45, 2.75) is 124 Å². The summed E-state index contributed by atoms with van der Waals surface area (Å²) in [7, 11) is -2.54. The molecule has 0 spiro atoms. The van der Waals surface area contributed by atoms with E-state index in [1.165, 1.54) is 33.4 Å². The standard InChI is InChI=1S/C31H47O3P/c1-18-21-14-19(28(2,3)4)16-23(30(8,9)10)25(21)27(34-35(32)33)26-22(18)15-20(29(5,6)7)17-24(26)31(11,12)13/h14-18,27,32-33H,1-13H3. The van der Waals surface area contributed by atoms with E-state index in [0.29, 0.717) is 0 Å². The predicted octanol–water partition coefficient (Wildman–Crippen LogP) is 8.66. The van der Waals surface area contributed by atoms with Crippen LogP contribution in [0.15, 0.2) is 24.3 Å². The summed E-state index contributed by atoms with van der Waals surface area (Å²) in [6.07, 6.45) is -0.524. The van der Waals surface area contributed by atoms with Crippen molar-refractivity contribution >= 4 is 8.60 Å². The maximum Gasteiger partial charge on any atom is 0.327 e. The van der Waals surface area contributed by atoms with E-state index in [-0.39, 0.29) is 27.6 Å². The number of benzene rings is 2. The molecule has 0 bridgehead atoms. The van der Waals surface area contributed by atoms with E-state index < -0.39 is 14.7 Å². The molecule has 0 saturated carbocycles. The maximum absolute atomic E-state index is 10.2. The highest BCUT2D eigenvalue weighted by atomic mass is 31.2. The molecule has 2 aromatic rings. The fourth-order valence-corrected chi connectivity index (χ4v) is 5.67. The van der Waals surface area contributed by atoms with Gasteiger partial charge in [-0.2, -0.15) is 0 Å². The topological polar surface area (TPSA) is 49.7 Å². The summed E-state index contributed by atoms with van der Waals surface area (Å²) in [5.74, 6) is 0.162. The number of hydrogen-bond acceptors (Lipinski definition) is 3. The second-order valence-electron chi connectivity index (χ2n) is 14.5. The molecule has 2 N–H and O–H groups in total. The minimum absolute atomic E-state index is 0.00418. The van der Waals surface area contributed by atoms with Crippen LogP contribution in [0.4, 0.5) is 0 Å². The Kier molecular flexibility index (Phi) is 7.24. The van der Waals surface area contributed by atoms with Crippen LogP contribution in [0, 0.1) is 0 Å². The fourth-order valence-electron chi connectivity index (χ4n) is 5.27. The van der Waals surface area contributed by atoms with Crippen LogP contribution in [0.1, 0.15) is 147 Å². The molecule has 0 amide bonds. The van der Waals surface area contributed by atoms with E-state index in [0.717, 1.165) is 11.1 Å². The first-order valence-corrected chi connectivity index (χ1v) is 14.0. The van der Waals surface area contributed by atoms with Crippen LogP contribution in [-0.4, -0.2) is 9.79 Å². The van der Waals surface area contributed by atoms with Gasteiger partial charge in [0, 0.05) is 5.92 Å². The Labute approximate surface area is 215 Å². The highest BCUT2D eigenvalue weighted by Crippen LogP contribution is 2.54. The molecular weight excluding hydrogens is 451 g/mol. The molecule has 4 heteroatoms. The van der Waals surface area contributed by atoms with Crippen molar-refractivity contribution in [3.05, 3.63) is 68.8 Å². The summed E-state index contributed by atoms with van der Waals surface area (Å²) in [6, 6.07) is 9.33. The SMILES string of the molecule is CC1c2cc(C(C)(C)C)cc(C(C)(C)C)c2C(OP(O)O)c2c1cc(C(C)(C)C)cc2C(C)(C)C. The van der Waals surface area contributed by atoms with Crippen molar-refractivity contribution in [1.82, 2.24) is 0 Å². The molecule has 0 unspecified atom stereocenters. The molecule has 194 valence electrons. The fraction of sp³-hybridized carbons (Fsp3) is 0.613. The molecule has 2 aromatic carbocycles. The number of hydrogen-bond donors (Lipinski definition) is 2. The van der Waals surface area contributed by atoms with E-state index in [9.17, 15) is 9.79 Å². The predicted molar refractivity (Wildman–Crippen MR) is 149 cm³/mol. The first-order chi connectivity index (χ1) is 15.6. The van der Waals surface area contributed by atoms with Gasteiger partial charge in [0.05, 0.1) is 0 Å². The molecule has 0 radical (unpaired) electrons. The van der Waals surface area contributed by atoms with Crippen LogP contribution in [0.25, 0.3) is 0 Å². The molecule has 0 aliphatic heterocycles. The van der Waals surface area contributed by atoms with Gasteiger partial charge in [-0.05, 0) is 66.2 Å². The van der Waals surface area contributed by atoms with E-state index in [2.05, 4.69) is 114 Å². The Morgan fingerprint density at radius 1 is 0.600 bits per heavy atom.